The molecule has 1 atom stereocenters. The first kappa shape index (κ1) is 22.3. The number of ketones is 1. The van der Waals surface area contributed by atoms with Crippen molar-refractivity contribution in [1.29, 1.82) is 0 Å². The number of rotatable bonds is 5. The number of benzene rings is 2. The van der Waals surface area contributed by atoms with Gasteiger partial charge in [-0.1, -0.05) is 6.07 Å². The Labute approximate surface area is 193 Å². The number of pyridine rings is 1. The molecule has 1 aliphatic rings. The second kappa shape index (κ2) is 8.90. The van der Waals surface area contributed by atoms with Crippen LogP contribution in [0.1, 0.15) is 40.8 Å². The highest BCUT2D eigenvalue weighted by atomic mass is 16.5. The van der Waals surface area contributed by atoms with Gasteiger partial charge in [-0.3, -0.25) is 19.5 Å². The SMILES string of the molecule is CCOc1ccc(/C(O)=C2\C(=O)C(=O)N(c3ccc(C)c(C)c3)C2c2ccncc2)cc1C. The minimum atomic E-state index is -0.776. The molecule has 0 bridgehead atoms. The maximum atomic E-state index is 13.2. The van der Waals surface area contributed by atoms with Crippen LogP contribution in [0.15, 0.2) is 66.5 Å². The van der Waals surface area contributed by atoms with Crippen molar-refractivity contribution < 1.29 is 19.4 Å². The van der Waals surface area contributed by atoms with Crippen molar-refractivity contribution in [1.82, 2.24) is 4.98 Å². The van der Waals surface area contributed by atoms with E-state index in [0.29, 0.717) is 29.2 Å². The molecule has 0 saturated carbocycles. The molecule has 1 N–H and O–H groups in total. The summed E-state index contributed by atoms with van der Waals surface area (Å²) in [7, 11) is 0. The lowest BCUT2D eigenvalue weighted by Gasteiger charge is -2.26. The molecule has 0 spiro atoms. The number of carbonyl (C=O) groups is 2. The molecule has 2 heterocycles. The van der Waals surface area contributed by atoms with Gasteiger partial charge in [0.25, 0.3) is 11.7 Å². The molecule has 1 aliphatic heterocycles. The summed E-state index contributed by atoms with van der Waals surface area (Å²) >= 11 is 0. The van der Waals surface area contributed by atoms with Gasteiger partial charge in [0.2, 0.25) is 0 Å². The Morgan fingerprint density at radius 3 is 2.33 bits per heavy atom. The van der Waals surface area contributed by atoms with Crippen LogP contribution in [-0.2, 0) is 9.59 Å². The maximum absolute atomic E-state index is 13.2. The van der Waals surface area contributed by atoms with Crippen LogP contribution in [0.25, 0.3) is 5.76 Å². The smallest absolute Gasteiger partial charge is 0.300 e. The molecular formula is C27H26N2O4. The third-order valence-corrected chi connectivity index (χ3v) is 5.98. The fourth-order valence-corrected chi connectivity index (χ4v) is 4.11. The van der Waals surface area contributed by atoms with Crippen molar-refractivity contribution in [2.24, 2.45) is 0 Å². The minimum Gasteiger partial charge on any atom is -0.507 e. The summed E-state index contributed by atoms with van der Waals surface area (Å²) in [5.41, 5.74) is 4.70. The van der Waals surface area contributed by atoms with Crippen molar-refractivity contribution in [3.63, 3.8) is 0 Å². The number of aliphatic hydroxyl groups excluding tert-OH is 1. The van der Waals surface area contributed by atoms with E-state index in [1.54, 1.807) is 42.7 Å². The molecule has 1 fully saturated rings. The first-order chi connectivity index (χ1) is 15.8. The first-order valence-corrected chi connectivity index (χ1v) is 10.9. The maximum Gasteiger partial charge on any atom is 0.300 e. The topological polar surface area (TPSA) is 79.7 Å². The average molecular weight is 443 g/mol. The zero-order valence-electron chi connectivity index (χ0n) is 19.1. The van der Waals surface area contributed by atoms with Gasteiger partial charge in [-0.25, -0.2) is 0 Å². The van der Waals surface area contributed by atoms with Gasteiger partial charge < -0.3 is 9.84 Å². The molecule has 168 valence electrons. The van der Waals surface area contributed by atoms with Crippen molar-refractivity contribution in [2.45, 2.75) is 33.7 Å². The summed E-state index contributed by atoms with van der Waals surface area (Å²) in [5.74, 6) is -0.911. The van der Waals surface area contributed by atoms with E-state index in [1.807, 2.05) is 45.9 Å². The van der Waals surface area contributed by atoms with Gasteiger partial charge in [0.1, 0.15) is 11.5 Å². The van der Waals surface area contributed by atoms with Gasteiger partial charge in [0, 0.05) is 23.6 Å². The highest BCUT2D eigenvalue weighted by molar-refractivity contribution is 6.51. The molecular weight excluding hydrogens is 416 g/mol. The van der Waals surface area contributed by atoms with Crippen LogP contribution >= 0.6 is 0 Å². The number of Topliss-reactive ketones (excluding diaryl/α,β-unsaturated/α-hetero) is 1. The van der Waals surface area contributed by atoms with Gasteiger partial charge in [0.15, 0.2) is 0 Å². The number of amides is 1. The predicted octanol–water partition coefficient (Wildman–Crippen LogP) is 5.03. The number of aryl methyl sites for hydroxylation is 3. The van der Waals surface area contributed by atoms with E-state index in [-0.39, 0.29) is 11.3 Å². The summed E-state index contributed by atoms with van der Waals surface area (Å²) < 4.78 is 5.59. The summed E-state index contributed by atoms with van der Waals surface area (Å²) in [6.45, 7) is 8.24. The molecule has 0 radical (unpaired) electrons. The van der Waals surface area contributed by atoms with Crippen molar-refractivity contribution in [3.8, 4) is 5.75 Å². The lowest BCUT2D eigenvalue weighted by molar-refractivity contribution is -0.132. The van der Waals surface area contributed by atoms with E-state index in [4.69, 9.17) is 4.74 Å². The average Bonchev–Trinajstić information content (AvgIpc) is 3.08. The number of hydrogen-bond acceptors (Lipinski definition) is 5. The number of anilines is 1. The van der Waals surface area contributed by atoms with Crippen LogP contribution < -0.4 is 9.64 Å². The molecule has 1 aromatic heterocycles. The Bertz CT molecular complexity index is 1260. The Morgan fingerprint density at radius 1 is 0.970 bits per heavy atom. The third kappa shape index (κ3) is 4.00. The summed E-state index contributed by atoms with van der Waals surface area (Å²) in [6.07, 6.45) is 3.22. The summed E-state index contributed by atoms with van der Waals surface area (Å²) in [4.78, 5) is 32.0. The Morgan fingerprint density at radius 2 is 1.70 bits per heavy atom. The summed E-state index contributed by atoms with van der Waals surface area (Å²) in [5, 5.41) is 11.3. The normalized spacial score (nSPS) is 17.5. The quantitative estimate of drug-likeness (QED) is 0.341. The molecule has 1 amide bonds. The van der Waals surface area contributed by atoms with Crippen molar-refractivity contribution >= 4 is 23.1 Å². The summed E-state index contributed by atoms with van der Waals surface area (Å²) in [6, 6.07) is 13.6. The molecule has 1 saturated heterocycles. The number of aromatic nitrogens is 1. The van der Waals surface area contributed by atoms with E-state index in [2.05, 4.69) is 4.98 Å². The number of hydrogen-bond donors (Lipinski definition) is 1. The third-order valence-electron chi connectivity index (χ3n) is 5.98. The molecule has 4 rings (SSSR count). The van der Waals surface area contributed by atoms with Crippen LogP contribution in [-0.4, -0.2) is 28.4 Å². The molecule has 1 unspecified atom stereocenters. The van der Waals surface area contributed by atoms with Gasteiger partial charge in [0.05, 0.1) is 18.2 Å². The largest absolute Gasteiger partial charge is 0.507 e. The molecule has 33 heavy (non-hydrogen) atoms. The highest BCUT2D eigenvalue weighted by Crippen LogP contribution is 2.42. The zero-order chi connectivity index (χ0) is 23.7. The molecule has 6 heteroatoms. The van der Waals surface area contributed by atoms with Crippen LogP contribution in [0.2, 0.25) is 0 Å². The fraction of sp³-hybridized carbons (Fsp3) is 0.222. The lowest BCUT2D eigenvalue weighted by atomic mass is 9.95. The zero-order valence-corrected chi connectivity index (χ0v) is 19.1. The molecule has 0 aliphatic carbocycles. The highest BCUT2D eigenvalue weighted by Gasteiger charge is 2.47. The molecule has 3 aromatic rings. The number of aliphatic hydroxyl groups is 1. The van der Waals surface area contributed by atoms with E-state index in [9.17, 15) is 14.7 Å². The van der Waals surface area contributed by atoms with Gasteiger partial charge in [-0.15, -0.1) is 0 Å². The van der Waals surface area contributed by atoms with Crippen molar-refractivity contribution in [2.75, 3.05) is 11.5 Å². The second-order valence-corrected chi connectivity index (χ2v) is 8.13. The fourth-order valence-electron chi connectivity index (χ4n) is 4.11. The predicted molar refractivity (Wildman–Crippen MR) is 127 cm³/mol. The molecule has 6 nitrogen and oxygen atoms in total. The minimum absolute atomic E-state index is 0.0491. The van der Waals surface area contributed by atoms with Crippen molar-refractivity contribution in [3.05, 3.63) is 94.3 Å². The van der Waals surface area contributed by atoms with Crippen LogP contribution in [0.5, 0.6) is 5.75 Å². The Kier molecular flexibility index (Phi) is 6.01. The van der Waals surface area contributed by atoms with Gasteiger partial charge >= 0.3 is 0 Å². The van der Waals surface area contributed by atoms with Gasteiger partial charge in [-0.05, 0) is 92.4 Å². The Balaban J connectivity index is 1.91. The van der Waals surface area contributed by atoms with E-state index in [0.717, 1.165) is 16.7 Å². The monoisotopic (exact) mass is 442 g/mol. The lowest BCUT2D eigenvalue weighted by Crippen LogP contribution is -2.29. The number of nitrogens with zero attached hydrogens (tertiary/aromatic N) is 2. The van der Waals surface area contributed by atoms with Crippen LogP contribution in [0.3, 0.4) is 0 Å². The van der Waals surface area contributed by atoms with E-state index < -0.39 is 17.7 Å². The standard InChI is InChI=1S/C27H26N2O4/c1-5-33-22-9-7-20(14-18(22)4)25(30)23-24(19-10-12-28-13-11-19)29(27(32)26(23)31)21-8-6-16(2)17(3)15-21/h6-15,24,30H,5H2,1-4H3/b25-23+. The van der Waals surface area contributed by atoms with E-state index in [1.165, 1.54) is 4.90 Å². The van der Waals surface area contributed by atoms with Crippen LogP contribution in [0.4, 0.5) is 5.69 Å². The van der Waals surface area contributed by atoms with E-state index >= 15 is 0 Å². The first-order valence-electron chi connectivity index (χ1n) is 10.9. The Hall–Kier alpha value is -3.93. The molecule has 2 aromatic carbocycles. The van der Waals surface area contributed by atoms with Gasteiger partial charge in [-0.2, -0.15) is 0 Å². The number of ether oxygens (including phenoxy) is 1. The number of carbonyl (C=O) groups excluding carboxylic acids is 2. The second-order valence-electron chi connectivity index (χ2n) is 8.13. The van der Waals surface area contributed by atoms with Crippen LogP contribution in [0, 0.1) is 20.8 Å².